The largest absolute Gasteiger partial charge is 0.494 e. The highest BCUT2D eigenvalue weighted by atomic mass is 32.2. The van der Waals surface area contributed by atoms with Crippen LogP contribution in [0.1, 0.15) is 293 Å². The average Bonchev–Trinajstić information content (AvgIpc) is 0.782. The minimum atomic E-state index is -3.02. The predicted octanol–water partition coefficient (Wildman–Crippen LogP) is 29.8. The van der Waals surface area contributed by atoms with Crippen molar-refractivity contribution in [3.8, 4) is 5.75 Å². The summed E-state index contributed by atoms with van der Waals surface area (Å²) in [5.41, 5.74) is 7.97. The van der Waals surface area contributed by atoms with Crippen LogP contribution in [-0.4, -0.2) is 69.2 Å². The van der Waals surface area contributed by atoms with Crippen LogP contribution in [0.15, 0.2) is 265 Å². The van der Waals surface area contributed by atoms with Crippen LogP contribution in [0.3, 0.4) is 0 Å². The second-order valence-electron chi connectivity index (χ2n) is 31.8. The summed E-state index contributed by atoms with van der Waals surface area (Å²) in [6.07, 6.45) is 27.2. The van der Waals surface area contributed by atoms with E-state index in [1.807, 2.05) is 118 Å². The molecule has 9 aromatic carbocycles. The second-order valence-corrected chi connectivity index (χ2v) is 35.1. The van der Waals surface area contributed by atoms with E-state index < -0.39 is 15.6 Å². The maximum atomic E-state index is 13.1. The fraction of sp³-hybridized carbons (Fsp3) is 0.462. The molecule has 10 rings (SSSR count). The number of Topliss-reactive ketones (excluding diaryl/α,β-unsaturated/α-hetero) is 2. The van der Waals surface area contributed by atoms with Crippen LogP contribution in [0.4, 0.5) is 8.78 Å². The summed E-state index contributed by atoms with van der Waals surface area (Å²) in [4.78, 5) is 38.0. The Kier molecular flexibility index (Phi) is 58.7. The molecular weight excluding hydrogens is 1520 g/mol. The summed E-state index contributed by atoms with van der Waals surface area (Å²) in [7, 11) is -1.19. The molecule has 119 heavy (non-hydrogen) atoms. The monoisotopic (exact) mass is 1670 g/mol. The zero-order chi connectivity index (χ0) is 87.7. The number of ether oxygens (including phenoxy) is 3. The van der Waals surface area contributed by atoms with E-state index in [4.69, 9.17) is 14.2 Å². The molecule has 1 heterocycles. The molecule has 0 N–H and O–H groups in total. The fourth-order valence-electron chi connectivity index (χ4n) is 11.7. The smallest absolute Gasteiger partial charge is 0.222 e. The number of ketones is 2. The maximum absolute atomic E-state index is 13.1. The van der Waals surface area contributed by atoms with Crippen molar-refractivity contribution in [1.82, 2.24) is 4.90 Å². The Bertz CT molecular complexity index is 3940. The van der Waals surface area contributed by atoms with Crippen molar-refractivity contribution in [2.75, 3.05) is 38.4 Å². The van der Waals surface area contributed by atoms with E-state index in [1.54, 1.807) is 41.3 Å². The van der Waals surface area contributed by atoms with Crippen LogP contribution in [0.25, 0.3) is 0 Å². The fourth-order valence-corrected chi connectivity index (χ4v) is 14.1. The van der Waals surface area contributed by atoms with Gasteiger partial charge in [0, 0.05) is 66.3 Å². The van der Waals surface area contributed by atoms with Gasteiger partial charge in [-0.15, -0.1) is 11.8 Å². The van der Waals surface area contributed by atoms with E-state index in [9.17, 15) is 31.6 Å². The van der Waals surface area contributed by atoms with Gasteiger partial charge in [0.1, 0.15) is 17.4 Å². The first-order chi connectivity index (χ1) is 57.3. The van der Waals surface area contributed by atoms with E-state index in [1.165, 1.54) is 146 Å². The first-order valence-electron chi connectivity index (χ1n) is 44.2. The van der Waals surface area contributed by atoms with E-state index in [0.717, 1.165) is 87.7 Å². The molecule has 0 atom stereocenters. The van der Waals surface area contributed by atoms with E-state index in [2.05, 4.69) is 179 Å². The van der Waals surface area contributed by atoms with Crippen molar-refractivity contribution in [2.24, 2.45) is 5.41 Å². The number of sulfone groups is 1. The van der Waals surface area contributed by atoms with Gasteiger partial charge in [-0.25, -0.2) is 17.2 Å². The lowest BCUT2D eigenvalue weighted by atomic mass is 9.86. The van der Waals surface area contributed by atoms with Gasteiger partial charge in [-0.05, 0) is 170 Å². The number of thioether (sulfide) groups is 1. The molecule has 0 aromatic heterocycles. The number of amides is 1. The van der Waals surface area contributed by atoms with Crippen molar-refractivity contribution in [3.05, 3.63) is 305 Å². The third-order valence-electron chi connectivity index (χ3n) is 19.2. The standard InChI is InChI=1S/C16H23FO2.C15H22O.C12H18.C11H13FO.C11H15NO.C11H16.C10H14O2S.C10H14O.C10H14S/c1-4-5-10-16(13-6-8-14(17)9-7-13)18-11-15(2,3)12-19-16;1-5-6-7-14(16)12-8-10-13(11-9-12)15(2,3)4;1-2-3-4-6-9-12-10-7-5-8-11-12;1-2-3-4-11(13)9-5-7-10(12)8-6-9;1-3-11(13)12(2)9-10-7-5-4-6-8-10;1-2-3-5-8-11-9-6-4-7-10-11;1-2-3-9-13(11,12)10-7-5-4-6-8-10;2*1-2-3-9-11-10-7-5-4-6-8-10/h6-9H,4-5,10-12H2,1-3H3;8-11H,5-7H2,1-4H3;5,7-8,10-11H,2-4,6,9H2,1H3;5-8H,2-4H2,1H3;4-8H,3,9H2,1-2H3;4,6-7,9-10H,2-3,5,8H2,1H3;4-8H,2-3,9H2,1H3;2*4-8H,2-3,9H2,1H3. The van der Waals surface area contributed by atoms with Gasteiger partial charge in [-0.3, -0.25) is 14.4 Å². The lowest BCUT2D eigenvalue weighted by molar-refractivity contribution is -0.311. The number of halogens is 2. The summed E-state index contributed by atoms with van der Waals surface area (Å²) in [6, 6.07) is 80.8. The summed E-state index contributed by atoms with van der Waals surface area (Å²) < 4.78 is 66.3. The zero-order valence-electron chi connectivity index (χ0n) is 75.5. The number of carbonyl (C=O) groups excluding carboxylic acids is 3. The predicted molar refractivity (Wildman–Crippen MR) is 502 cm³/mol. The highest BCUT2D eigenvalue weighted by Crippen LogP contribution is 2.40. The van der Waals surface area contributed by atoms with Crippen molar-refractivity contribution < 1.29 is 45.8 Å². The van der Waals surface area contributed by atoms with Gasteiger partial charge >= 0.3 is 0 Å². The molecule has 9 aromatic rings. The van der Waals surface area contributed by atoms with Gasteiger partial charge in [0.2, 0.25) is 5.91 Å². The summed E-state index contributed by atoms with van der Waals surface area (Å²) in [5.74, 6) is 1.80. The molecule has 0 radical (unpaired) electrons. The molecule has 0 saturated carbocycles. The Morgan fingerprint density at radius 2 is 0.840 bits per heavy atom. The molecule has 0 spiro atoms. The van der Waals surface area contributed by atoms with Crippen molar-refractivity contribution >= 4 is 39.1 Å². The molecule has 0 unspecified atom stereocenters. The molecule has 1 aliphatic rings. The van der Waals surface area contributed by atoms with E-state index >= 15 is 0 Å². The summed E-state index contributed by atoms with van der Waals surface area (Å²) in [6.45, 7) is 32.7. The number of benzene rings is 9. The van der Waals surface area contributed by atoms with Crippen LogP contribution < -0.4 is 4.74 Å². The van der Waals surface area contributed by atoms with Crippen LogP contribution in [0.5, 0.6) is 5.75 Å². The number of aryl methyl sites for hydroxylation is 2. The lowest BCUT2D eigenvalue weighted by Gasteiger charge is -2.44. The number of carbonyl (C=O) groups is 3. The van der Waals surface area contributed by atoms with Gasteiger partial charge in [0.25, 0.3) is 0 Å². The van der Waals surface area contributed by atoms with Crippen LogP contribution in [-0.2, 0) is 54.7 Å². The highest BCUT2D eigenvalue weighted by Gasteiger charge is 2.41. The van der Waals surface area contributed by atoms with Gasteiger partial charge in [-0.1, -0.05) is 350 Å². The van der Waals surface area contributed by atoms with Crippen LogP contribution in [0, 0.1) is 17.0 Å². The molecule has 1 fully saturated rings. The Morgan fingerprint density at radius 1 is 0.445 bits per heavy atom. The number of para-hydroxylation sites is 1. The SMILES string of the molecule is CCC(=O)N(C)Cc1ccccc1.CCCCC(=O)c1ccc(C(C)(C)C)cc1.CCCCC(=O)c1ccc(F)cc1.CCCCC1(c2ccc(F)cc2)OCC(C)(C)CO1.CCCCCCc1ccccc1.CCCCCc1ccccc1.CCCCOc1ccccc1.CCCCS(=O)(=O)c1ccccc1.CCCCSc1ccccc1. The third kappa shape index (κ3) is 50.5. The van der Waals surface area contributed by atoms with Crippen molar-refractivity contribution in [2.45, 2.75) is 285 Å². The van der Waals surface area contributed by atoms with E-state index in [0.29, 0.717) is 49.5 Å². The quantitative estimate of drug-likeness (QED) is 0.0215. The van der Waals surface area contributed by atoms with Crippen molar-refractivity contribution in [3.63, 3.8) is 0 Å². The Balaban J connectivity index is 0.000000456. The highest BCUT2D eigenvalue weighted by molar-refractivity contribution is 7.99. The van der Waals surface area contributed by atoms with Gasteiger partial charge < -0.3 is 19.1 Å². The van der Waals surface area contributed by atoms with Crippen molar-refractivity contribution in [1.29, 1.82) is 0 Å². The third-order valence-corrected chi connectivity index (χ3v) is 22.2. The minimum absolute atomic E-state index is 0.0374. The first-order valence-corrected chi connectivity index (χ1v) is 46.9. The summed E-state index contributed by atoms with van der Waals surface area (Å²) >= 11 is 1.94. The Morgan fingerprint density at radius 3 is 1.28 bits per heavy atom. The first kappa shape index (κ1) is 107. The number of hydrogen-bond acceptors (Lipinski definition) is 9. The zero-order valence-corrected chi connectivity index (χ0v) is 77.1. The van der Waals surface area contributed by atoms with Gasteiger partial charge in [-0.2, -0.15) is 0 Å². The Hall–Kier alpha value is -8.33. The Labute approximate surface area is 725 Å². The molecule has 0 aliphatic carbocycles. The van der Waals surface area contributed by atoms with Crippen LogP contribution >= 0.6 is 11.8 Å². The van der Waals surface area contributed by atoms with Gasteiger partial charge in [0.15, 0.2) is 27.2 Å². The lowest BCUT2D eigenvalue weighted by Crippen LogP contribution is -2.45. The number of unbranched alkanes of at least 4 members (excludes halogenated alkanes) is 11. The number of hydrogen-bond donors (Lipinski definition) is 0. The molecule has 0 bridgehead atoms. The normalized spacial score (nSPS) is 12.1. The van der Waals surface area contributed by atoms with E-state index in [-0.39, 0.29) is 45.7 Å². The molecule has 9 nitrogen and oxygen atoms in total. The maximum Gasteiger partial charge on any atom is 0.222 e. The molecule has 1 amide bonds. The molecular formula is C106H149F2NO8S2. The molecule has 1 saturated heterocycles. The minimum Gasteiger partial charge on any atom is -0.494 e. The molecule has 652 valence electrons. The van der Waals surface area contributed by atoms with Crippen LogP contribution in [0.2, 0.25) is 0 Å². The average molecular weight is 1670 g/mol. The second kappa shape index (κ2) is 65.4. The number of rotatable bonds is 36. The molecule has 13 heteroatoms. The topological polar surface area (TPSA) is 116 Å². The van der Waals surface area contributed by atoms with Gasteiger partial charge in [0.05, 0.1) is 30.5 Å². The molecule has 1 aliphatic heterocycles. The summed E-state index contributed by atoms with van der Waals surface area (Å²) in [5, 5.41) is 0. The number of nitrogens with zero attached hydrogens (tertiary/aromatic N) is 1.